The second-order valence-corrected chi connectivity index (χ2v) is 6.78. The predicted molar refractivity (Wildman–Crippen MR) is 82.8 cm³/mol. The van der Waals surface area contributed by atoms with Crippen LogP contribution >= 0.6 is 11.8 Å². The summed E-state index contributed by atoms with van der Waals surface area (Å²) in [5.41, 5.74) is -0.771. The number of carbonyl (C=O) groups excluding carboxylic acids is 1. The maximum absolute atomic E-state index is 12.7. The summed E-state index contributed by atoms with van der Waals surface area (Å²) in [6, 6.07) is 6.42. The standard InChI is InChI=1S/C16H22FNO2S/c17-13-4-6-14(7-5-13)21-11-3-10-18-15(19)12-16(20)8-1-2-9-16/h4-7,20H,1-3,8-12H2,(H,18,19). The predicted octanol–water partition coefficient (Wildman–Crippen LogP) is 3.12. The lowest BCUT2D eigenvalue weighted by Crippen LogP contribution is -2.35. The van der Waals surface area contributed by atoms with E-state index in [9.17, 15) is 14.3 Å². The normalized spacial score (nSPS) is 16.9. The monoisotopic (exact) mass is 311 g/mol. The summed E-state index contributed by atoms with van der Waals surface area (Å²) < 4.78 is 12.7. The quantitative estimate of drug-likeness (QED) is 0.601. The van der Waals surface area contributed by atoms with Gasteiger partial charge in [0.25, 0.3) is 0 Å². The number of carbonyl (C=O) groups is 1. The molecule has 1 aromatic carbocycles. The molecule has 0 heterocycles. The van der Waals surface area contributed by atoms with E-state index in [1.54, 1.807) is 23.9 Å². The largest absolute Gasteiger partial charge is 0.389 e. The van der Waals surface area contributed by atoms with Crippen molar-refractivity contribution in [2.75, 3.05) is 12.3 Å². The number of hydrogen-bond donors (Lipinski definition) is 2. The van der Waals surface area contributed by atoms with Gasteiger partial charge in [-0.1, -0.05) is 12.8 Å². The summed E-state index contributed by atoms with van der Waals surface area (Å²) in [5.74, 6) is 0.582. The number of amides is 1. The molecule has 2 rings (SSSR count). The van der Waals surface area contributed by atoms with E-state index in [1.165, 1.54) is 12.1 Å². The van der Waals surface area contributed by atoms with Crippen molar-refractivity contribution in [3.8, 4) is 0 Å². The van der Waals surface area contributed by atoms with E-state index in [4.69, 9.17) is 0 Å². The first kappa shape index (κ1) is 16.3. The first-order valence-electron chi connectivity index (χ1n) is 7.45. The summed E-state index contributed by atoms with van der Waals surface area (Å²) in [5, 5.41) is 13.0. The lowest BCUT2D eigenvalue weighted by atomic mass is 9.98. The van der Waals surface area contributed by atoms with Crippen molar-refractivity contribution in [1.29, 1.82) is 0 Å². The topological polar surface area (TPSA) is 49.3 Å². The average molecular weight is 311 g/mol. The van der Waals surface area contributed by atoms with Crippen molar-refractivity contribution in [2.24, 2.45) is 0 Å². The van der Waals surface area contributed by atoms with Gasteiger partial charge in [-0.15, -0.1) is 11.8 Å². The third-order valence-electron chi connectivity index (χ3n) is 3.75. The van der Waals surface area contributed by atoms with Gasteiger partial charge in [0.15, 0.2) is 0 Å². The molecule has 1 fully saturated rings. The van der Waals surface area contributed by atoms with Crippen LogP contribution in [-0.4, -0.2) is 28.9 Å². The van der Waals surface area contributed by atoms with Crippen LogP contribution in [-0.2, 0) is 4.79 Å². The fourth-order valence-corrected chi connectivity index (χ4v) is 3.44. The summed E-state index contributed by atoms with van der Waals surface area (Å²) in [6.07, 6.45) is 4.57. The maximum atomic E-state index is 12.7. The number of aliphatic hydroxyl groups is 1. The van der Waals surface area contributed by atoms with Gasteiger partial charge < -0.3 is 10.4 Å². The summed E-state index contributed by atoms with van der Waals surface area (Å²) >= 11 is 1.65. The Hall–Kier alpha value is -1.07. The highest BCUT2D eigenvalue weighted by molar-refractivity contribution is 7.99. The lowest BCUT2D eigenvalue weighted by Gasteiger charge is -2.21. The molecule has 1 aliphatic rings. The van der Waals surface area contributed by atoms with Crippen LogP contribution < -0.4 is 5.32 Å². The molecule has 3 nitrogen and oxygen atoms in total. The molecule has 1 aromatic rings. The van der Waals surface area contributed by atoms with Crippen LogP contribution in [0, 0.1) is 5.82 Å². The van der Waals surface area contributed by atoms with Gasteiger partial charge in [0.2, 0.25) is 5.91 Å². The minimum absolute atomic E-state index is 0.0637. The van der Waals surface area contributed by atoms with E-state index in [-0.39, 0.29) is 18.1 Å². The summed E-state index contributed by atoms with van der Waals surface area (Å²) in [7, 11) is 0. The van der Waals surface area contributed by atoms with Crippen LogP contribution in [0.25, 0.3) is 0 Å². The number of rotatable bonds is 7. The number of hydrogen-bond acceptors (Lipinski definition) is 3. The first-order valence-corrected chi connectivity index (χ1v) is 8.43. The first-order chi connectivity index (χ1) is 10.1. The summed E-state index contributed by atoms with van der Waals surface area (Å²) in [6.45, 7) is 0.614. The Kier molecular flexibility index (Phi) is 6.06. The number of halogens is 1. The molecule has 0 saturated heterocycles. The molecule has 0 aliphatic heterocycles. The van der Waals surface area contributed by atoms with E-state index in [0.29, 0.717) is 6.54 Å². The van der Waals surface area contributed by atoms with E-state index >= 15 is 0 Å². The fourth-order valence-electron chi connectivity index (χ4n) is 2.59. The van der Waals surface area contributed by atoms with Crippen molar-refractivity contribution in [3.05, 3.63) is 30.1 Å². The molecule has 1 saturated carbocycles. The molecule has 116 valence electrons. The van der Waals surface area contributed by atoms with E-state index < -0.39 is 5.60 Å². The van der Waals surface area contributed by atoms with Gasteiger partial charge in [-0.2, -0.15) is 0 Å². The minimum atomic E-state index is -0.771. The molecule has 1 aliphatic carbocycles. The second kappa shape index (κ2) is 7.80. The van der Waals surface area contributed by atoms with Gasteiger partial charge in [-0.3, -0.25) is 4.79 Å². The van der Waals surface area contributed by atoms with Crippen LogP contribution in [0.3, 0.4) is 0 Å². The van der Waals surface area contributed by atoms with Gasteiger partial charge in [-0.05, 0) is 49.3 Å². The molecule has 0 spiro atoms. The van der Waals surface area contributed by atoms with Gasteiger partial charge in [0.05, 0.1) is 12.0 Å². The SMILES string of the molecule is O=C(CC1(O)CCCC1)NCCCSc1ccc(F)cc1. The van der Waals surface area contributed by atoms with Crippen LogP contribution in [0.5, 0.6) is 0 Å². The van der Waals surface area contributed by atoms with Gasteiger partial charge >= 0.3 is 0 Å². The Labute approximate surface area is 129 Å². The highest BCUT2D eigenvalue weighted by Crippen LogP contribution is 2.32. The summed E-state index contributed by atoms with van der Waals surface area (Å²) in [4.78, 5) is 12.8. The Morgan fingerprint density at radius 1 is 1.29 bits per heavy atom. The van der Waals surface area contributed by atoms with Gasteiger partial charge in [0, 0.05) is 11.4 Å². The lowest BCUT2D eigenvalue weighted by molar-refractivity contribution is -0.125. The molecule has 21 heavy (non-hydrogen) atoms. The van der Waals surface area contributed by atoms with Crippen LogP contribution in [0.2, 0.25) is 0 Å². The Morgan fingerprint density at radius 2 is 1.95 bits per heavy atom. The molecular weight excluding hydrogens is 289 g/mol. The molecule has 0 radical (unpaired) electrons. The minimum Gasteiger partial charge on any atom is -0.389 e. The molecule has 1 amide bonds. The molecule has 2 N–H and O–H groups in total. The zero-order chi connectivity index (χ0) is 15.1. The van der Waals surface area contributed by atoms with Crippen LogP contribution in [0.4, 0.5) is 4.39 Å². The molecule has 0 bridgehead atoms. The molecular formula is C16H22FNO2S. The zero-order valence-corrected chi connectivity index (χ0v) is 12.9. The highest BCUT2D eigenvalue weighted by atomic mass is 32.2. The number of nitrogens with one attached hydrogen (secondary N) is 1. The smallest absolute Gasteiger partial charge is 0.222 e. The van der Waals surface area contributed by atoms with Crippen LogP contribution in [0.1, 0.15) is 38.5 Å². The molecule has 0 aromatic heterocycles. The van der Waals surface area contributed by atoms with Crippen molar-refractivity contribution in [1.82, 2.24) is 5.32 Å². The van der Waals surface area contributed by atoms with Crippen molar-refractivity contribution >= 4 is 17.7 Å². The fraction of sp³-hybridized carbons (Fsp3) is 0.562. The Bertz CT molecular complexity index is 458. The van der Waals surface area contributed by atoms with E-state index in [0.717, 1.165) is 42.8 Å². The molecule has 0 unspecified atom stereocenters. The molecule has 0 atom stereocenters. The number of thioether (sulfide) groups is 1. The average Bonchev–Trinajstić information content (AvgIpc) is 2.87. The Morgan fingerprint density at radius 3 is 2.62 bits per heavy atom. The Balaban J connectivity index is 1.57. The third-order valence-corrected chi connectivity index (χ3v) is 4.85. The zero-order valence-electron chi connectivity index (χ0n) is 12.1. The van der Waals surface area contributed by atoms with Gasteiger partial charge in [-0.25, -0.2) is 4.39 Å². The van der Waals surface area contributed by atoms with Crippen LogP contribution in [0.15, 0.2) is 29.2 Å². The van der Waals surface area contributed by atoms with Crippen molar-refractivity contribution < 1.29 is 14.3 Å². The van der Waals surface area contributed by atoms with E-state index in [2.05, 4.69) is 5.32 Å². The maximum Gasteiger partial charge on any atom is 0.222 e. The second-order valence-electron chi connectivity index (χ2n) is 5.61. The van der Waals surface area contributed by atoms with Gasteiger partial charge in [0.1, 0.15) is 5.82 Å². The van der Waals surface area contributed by atoms with E-state index in [1.807, 2.05) is 0 Å². The van der Waals surface area contributed by atoms with Crippen molar-refractivity contribution in [2.45, 2.75) is 49.0 Å². The molecule has 5 heteroatoms. The van der Waals surface area contributed by atoms with Crippen molar-refractivity contribution in [3.63, 3.8) is 0 Å². The highest BCUT2D eigenvalue weighted by Gasteiger charge is 2.33. The number of benzene rings is 1. The third kappa shape index (κ3) is 5.67.